The molecule has 2 fully saturated rings. The normalized spacial score (nSPS) is 27.3. The number of carbonyl (C=O) groups excluding carboxylic acids is 8. The molecule has 0 aliphatic carbocycles. The van der Waals surface area contributed by atoms with Gasteiger partial charge in [0.2, 0.25) is 11.8 Å². The third kappa shape index (κ3) is 13.5. The topological polar surface area (TPSA) is 273 Å². The standard InChI is InChI=1S/C38H50N2O19/c1-9-15-51-36-30(40-20(3)42)33(58-35(48)25-13-11-10-12-14-25)31(47)27(57-36)18-53-38(37(49)50-8)16-26(54-22(5)44)29(39-19(2)41)34(59-38)32(56-24(7)46)28(55-23(6)45)17-52-21(4)43/h9-14,26-34,36,47H,1,15-18H2,2-8H3,(H,39,41)(H,40,42)/t26-,27?,28-,29-,30?,31-,32-,33?,34?,36+,38-/m1/s1. The summed E-state index contributed by atoms with van der Waals surface area (Å²) >= 11 is 0. The Bertz CT molecular complexity index is 1690. The fraction of sp³-hybridized carbons (Fsp3) is 0.579. The van der Waals surface area contributed by atoms with Crippen LogP contribution in [0.15, 0.2) is 43.0 Å². The maximum Gasteiger partial charge on any atom is 0.366 e. The maximum atomic E-state index is 13.9. The summed E-state index contributed by atoms with van der Waals surface area (Å²) in [5, 5.41) is 16.9. The zero-order valence-corrected chi connectivity index (χ0v) is 33.6. The quantitative estimate of drug-likeness (QED) is 0.0959. The van der Waals surface area contributed by atoms with Gasteiger partial charge in [0.25, 0.3) is 5.79 Å². The van der Waals surface area contributed by atoms with Crippen LogP contribution in [-0.4, -0.2) is 147 Å². The number of hydrogen-bond donors (Lipinski definition) is 3. The summed E-state index contributed by atoms with van der Waals surface area (Å²) in [7, 11) is 0.959. The zero-order valence-electron chi connectivity index (χ0n) is 33.6. The van der Waals surface area contributed by atoms with E-state index in [2.05, 4.69) is 17.2 Å². The summed E-state index contributed by atoms with van der Waals surface area (Å²) in [6.07, 6.45) is -12.6. The number of aliphatic hydroxyl groups excluding tert-OH is 1. The summed E-state index contributed by atoms with van der Waals surface area (Å²) in [5.74, 6) is -9.83. The summed E-state index contributed by atoms with van der Waals surface area (Å²) in [6, 6.07) is 4.95. The first-order valence-corrected chi connectivity index (χ1v) is 18.2. The van der Waals surface area contributed by atoms with Gasteiger partial charge < -0.3 is 63.1 Å². The van der Waals surface area contributed by atoms with Crippen molar-refractivity contribution < 1.29 is 90.8 Å². The third-order valence-corrected chi connectivity index (χ3v) is 8.65. The first kappa shape index (κ1) is 47.9. The molecule has 0 aromatic heterocycles. The van der Waals surface area contributed by atoms with Crippen LogP contribution in [0.2, 0.25) is 0 Å². The molecule has 2 amide bonds. The number of hydrogen-bond acceptors (Lipinski definition) is 19. The van der Waals surface area contributed by atoms with E-state index < -0.39 is 134 Å². The highest BCUT2D eigenvalue weighted by atomic mass is 16.8. The smallest absolute Gasteiger partial charge is 0.366 e. The number of methoxy groups -OCH3 is 1. The Labute approximate surface area is 339 Å². The van der Waals surface area contributed by atoms with Gasteiger partial charge in [0, 0.05) is 41.5 Å². The van der Waals surface area contributed by atoms with Crippen molar-refractivity contribution in [3.63, 3.8) is 0 Å². The fourth-order valence-corrected chi connectivity index (χ4v) is 6.42. The summed E-state index contributed by atoms with van der Waals surface area (Å²) in [4.78, 5) is 101. The molecule has 3 N–H and O–H groups in total. The molecule has 0 spiro atoms. The van der Waals surface area contributed by atoms with E-state index in [0.29, 0.717) is 0 Å². The van der Waals surface area contributed by atoms with Crippen LogP contribution in [0.5, 0.6) is 0 Å². The summed E-state index contributed by atoms with van der Waals surface area (Å²) < 4.78 is 56.6. The number of rotatable bonds is 18. The van der Waals surface area contributed by atoms with Gasteiger partial charge in [-0.2, -0.15) is 0 Å². The van der Waals surface area contributed by atoms with Gasteiger partial charge in [0.15, 0.2) is 24.6 Å². The zero-order chi connectivity index (χ0) is 44.0. The van der Waals surface area contributed by atoms with Gasteiger partial charge in [-0.05, 0) is 12.1 Å². The van der Waals surface area contributed by atoms with Crippen LogP contribution in [0.4, 0.5) is 0 Å². The molecule has 0 bridgehead atoms. The van der Waals surface area contributed by atoms with Crippen LogP contribution in [0, 0.1) is 0 Å². The second-order valence-corrected chi connectivity index (χ2v) is 13.4. The SMILES string of the molecule is C=CCO[C@H]1OC(CO[C@]2(C(=O)OC)C[C@@H](OC(C)=O)[C@@H](NC(C)=O)C([C@H](OC(C)=O)[C@@H](COC(C)=O)OC(C)=O)O2)[C@@H](O)C(OC(=O)c2ccccc2)C1NC(C)=O. The lowest BCUT2D eigenvalue weighted by Crippen LogP contribution is -2.70. The molecular formula is C38H50N2O19. The molecule has 2 saturated heterocycles. The molecule has 3 rings (SSSR count). The molecule has 326 valence electrons. The van der Waals surface area contributed by atoms with E-state index in [9.17, 15) is 43.5 Å². The summed E-state index contributed by atoms with van der Waals surface area (Å²) in [5.41, 5.74) is 0.101. The predicted molar refractivity (Wildman–Crippen MR) is 195 cm³/mol. The second-order valence-electron chi connectivity index (χ2n) is 13.4. The molecule has 1 aromatic rings. The van der Waals surface area contributed by atoms with Crippen LogP contribution < -0.4 is 10.6 Å². The molecule has 0 radical (unpaired) electrons. The van der Waals surface area contributed by atoms with Gasteiger partial charge in [-0.15, -0.1) is 6.58 Å². The molecule has 2 aliphatic rings. The highest BCUT2D eigenvalue weighted by Gasteiger charge is 2.60. The van der Waals surface area contributed by atoms with Crippen molar-refractivity contribution in [1.82, 2.24) is 10.6 Å². The minimum absolute atomic E-state index is 0.101. The van der Waals surface area contributed by atoms with E-state index in [0.717, 1.165) is 41.7 Å². The maximum absolute atomic E-state index is 13.9. The Hall–Kier alpha value is -5.48. The number of ether oxygens (including phenoxy) is 10. The van der Waals surface area contributed by atoms with Crippen LogP contribution in [-0.2, 0) is 80.9 Å². The van der Waals surface area contributed by atoms with E-state index in [1.165, 1.54) is 25.1 Å². The molecular weight excluding hydrogens is 788 g/mol. The van der Waals surface area contributed by atoms with Crippen molar-refractivity contribution in [2.24, 2.45) is 0 Å². The second kappa shape index (κ2) is 22.0. The number of carbonyl (C=O) groups is 8. The van der Waals surface area contributed by atoms with E-state index in [-0.39, 0.29) is 12.2 Å². The number of benzene rings is 1. The average molecular weight is 839 g/mol. The van der Waals surface area contributed by atoms with Crippen molar-refractivity contribution in [3.05, 3.63) is 48.6 Å². The molecule has 2 heterocycles. The monoisotopic (exact) mass is 838 g/mol. The molecule has 0 saturated carbocycles. The van der Waals surface area contributed by atoms with Crippen LogP contribution in [0.1, 0.15) is 58.3 Å². The molecule has 4 unspecified atom stereocenters. The van der Waals surface area contributed by atoms with Crippen molar-refractivity contribution >= 4 is 47.6 Å². The molecule has 11 atom stereocenters. The van der Waals surface area contributed by atoms with Gasteiger partial charge in [-0.1, -0.05) is 24.3 Å². The van der Waals surface area contributed by atoms with E-state index in [1.54, 1.807) is 18.2 Å². The van der Waals surface area contributed by atoms with Crippen LogP contribution in [0.3, 0.4) is 0 Å². The minimum atomic E-state index is -2.68. The predicted octanol–water partition coefficient (Wildman–Crippen LogP) is -0.457. The van der Waals surface area contributed by atoms with E-state index in [1.807, 2.05) is 0 Å². The molecule has 1 aromatic carbocycles. The molecule has 21 heteroatoms. The van der Waals surface area contributed by atoms with Gasteiger partial charge in [0.05, 0.1) is 38.3 Å². The first-order chi connectivity index (χ1) is 27.8. The highest BCUT2D eigenvalue weighted by molar-refractivity contribution is 5.89. The Morgan fingerprint density at radius 2 is 1.51 bits per heavy atom. The Balaban J connectivity index is 2.17. The van der Waals surface area contributed by atoms with E-state index >= 15 is 0 Å². The van der Waals surface area contributed by atoms with Gasteiger partial charge in [0.1, 0.15) is 37.1 Å². The van der Waals surface area contributed by atoms with Crippen molar-refractivity contribution in [2.45, 2.75) is 115 Å². The number of aliphatic hydroxyl groups is 1. The minimum Gasteiger partial charge on any atom is -0.465 e. The Morgan fingerprint density at radius 1 is 0.881 bits per heavy atom. The van der Waals surface area contributed by atoms with Crippen LogP contribution in [0.25, 0.3) is 0 Å². The van der Waals surface area contributed by atoms with Crippen molar-refractivity contribution in [2.75, 3.05) is 26.9 Å². The largest absolute Gasteiger partial charge is 0.465 e. The Kier molecular flexibility index (Phi) is 17.9. The Morgan fingerprint density at radius 3 is 2.05 bits per heavy atom. The number of esters is 6. The van der Waals surface area contributed by atoms with Gasteiger partial charge in [-0.25, -0.2) is 9.59 Å². The molecule has 21 nitrogen and oxygen atoms in total. The fourth-order valence-electron chi connectivity index (χ4n) is 6.42. The number of amides is 2. The lowest BCUT2D eigenvalue weighted by molar-refractivity contribution is -0.331. The number of nitrogens with one attached hydrogen (secondary N) is 2. The van der Waals surface area contributed by atoms with E-state index in [4.69, 9.17) is 47.4 Å². The third-order valence-electron chi connectivity index (χ3n) is 8.65. The molecule has 2 aliphatic heterocycles. The molecule has 59 heavy (non-hydrogen) atoms. The highest BCUT2D eigenvalue weighted by Crippen LogP contribution is 2.38. The lowest BCUT2D eigenvalue weighted by Gasteiger charge is -2.49. The van der Waals surface area contributed by atoms with Crippen LogP contribution >= 0.6 is 0 Å². The first-order valence-electron chi connectivity index (χ1n) is 18.2. The van der Waals surface area contributed by atoms with Gasteiger partial charge >= 0.3 is 35.8 Å². The van der Waals surface area contributed by atoms with Gasteiger partial charge in [-0.3, -0.25) is 28.8 Å². The lowest BCUT2D eigenvalue weighted by atomic mass is 9.87. The summed E-state index contributed by atoms with van der Waals surface area (Å²) in [6.45, 7) is 8.25. The average Bonchev–Trinajstić information content (AvgIpc) is 3.16. The van der Waals surface area contributed by atoms with Crippen molar-refractivity contribution in [1.29, 1.82) is 0 Å². The van der Waals surface area contributed by atoms with Crippen molar-refractivity contribution in [3.8, 4) is 0 Å².